The van der Waals surface area contributed by atoms with Gasteiger partial charge in [-0.05, 0) is 43.0 Å². The molecule has 4 nitrogen and oxygen atoms in total. The van der Waals surface area contributed by atoms with Gasteiger partial charge in [-0.1, -0.05) is 6.92 Å². The topological polar surface area (TPSA) is 66.8 Å². The van der Waals surface area contributed by atoms with Crippen LogP contribution in [-0.4, -0.2) is 23.3 Å². The normalized spacial score (nSPS) is 12.2. The van der Waals surface area contributed by atoms with Gasteiger partial charge in [0, 0.05) is 0 Å². The zero-order valence-electron chi connectivity index (χ0n) is 10.4. The molecule has 1 aromatic carbocycles. The number of methoxy groups -OCH3 is 1. The number of aromatic hydroxyl groups is 2. The summed E-state index contributed by atoms with van der Waals surface area (Å²) < 4.78 is 4.62. The molecule has 0 unspecified atom stereocenters. The van der Waals surface area contributed by atoms with Crippen molar-refractivity contribution >= 4 is 5.97 Å². The number of phenolic OH excluding ortho intramolecular Hbond substituents is 2. The highest BCUT2D eigenvalue weighted by Crippen LogP contribution is 2.28. The van der Waals surface area contributed by atoms with Crippen LogP contribution in [0.5, 0.6) is 11.5 Å². The standard InChI is InChI=1S/C13H18O4/c1-8(13(16)17-3)4-5-10-7-11(14)9(2)6-12(10)15/h6-8,14-15H,4-5H2,1-3H3/t8-/m0/s1. The first-order valence-corrected chi connectivity index (χ1v) is 5.55. The van der Waals surface area contributed by atoms with E-state index in [4.69, 9.17) is 0 Å². The van der Waals surface area contributed by atoms with Gasteiger partial charge in [-0.2, -0.15) is 0 Å². The number of phenols is 2. The van der Waals surface area contributed by atoms with E-state index in [9.17, 15) is 15.0 Å². The fourth-order valence-corrected chi connectivity index (χ4v) is 1.62. The van der Waals surface area contributed by atoms with Crippen LogP contribution in [0.1, 0.15) is 24.5 Å². The van der Waals surface area contributed by atoms with Gasteiger partial charge in [0.25, 0.3) is 0 Å². The number of ether oxygens (including phenoxy) is 1. The SMILES string of the molecule is COC(=O)[C@@H](C)CCc1cc(O)c(C)cc1O. The second kappa shape index (κ2) is 5.57. The van der Waals surface area contributed by atoms with Crippen molar-refractivity contribution in [2.75, 3.05) is 7.11 Å². The second-order valence-corrected chi connectivity index (χ2v) is 4.23. The Kier molecular flexibility index (Phi) is 4.37. The van der Waals surface area contributed by atoms with Crippen molar-refractivity contribution < 1.29 is 19.7 Å². The highest BCUT2D eigenvalue weighted by molar-refractivity contribution is 5.71. The number of aryl methyl sites for hydroxylation is 2. The summed E-state index contributed by atoms with van der Waals surface area (Å²) in [6.07, 6.45) is 1.10. The summed E-state index contributed by atoms with van der Waals surface area (Å²) in [7, 11) is 1.36. The maximum absolute atomic E-state index is 11.2. The van der Waals surface area contributed by atoms with Gasteiger partial charge in [0.2, 0.25) is 0 Å². The Morgan fingerprint density at radius 3 is 2.59 bits per heavy atom. The molecule has 1 rings (SSSR count). The van der Waals surface area contributed by atoms with Gasteiger partial charge in [0.15, 0.2) is 0 Å². The van der Waals surface area contributed by atoms with Crippen LogP contribution in [0.4, 0.5) is 0 Å². The van der Waals surface area contributed by atoms with E-state index in [2.05, 4.69) is 4.74 Å². The monoisotopic (exact) mass is 238 g/mol. The second-order valence-electron chi connectivity index (χ2n) is 4.23. The average Bonchev–Trinajstić information content (AvgIpc) is 2.30. The minimum atomic E-state index is -0.263. The van der Waals surface area contributed by atoms with Crippen LogP contribution < -0.4 is 0 Å². The van der Waals surface area contributed by atoms with Gasteiger partial charge >= 0.3 is 5.97 Å². The van der Waals surface area contributed by atoms with E-state index in [-0.39, 0.29) is 23.4 Å². The molecular formula is C13H18O4. The molecule has 0 aliphatic heterocycles. The summed E-state index contributed by atoms with van der Waals surface area (Å²) in [5, 5.41) is 19.2. The van der Waals surface area contributed by atoms with E-state index in [1.807, 2.05) is 0 Å². The van der Waals surface area contributed by atoms with E-state index in [1.54, 1.807) is 13.8 Å². The van der Waals surface area contributed by atoms with Crippen molar-refractivity contribution in [3.05, 3.63) is 23.3 Å². The van der Waals surface area contributed by atoms with Crippen LogP contribution in [0.2, 0.25) is 0 Å². The molecule has 0 aliphatic carbocycles. The average molecular weight is 238 g/mol. The van der Waals surface area contributed by atoms with Crippen LogP contribution in [-0.2, 0) is 16.0 Å². The molecule has 0 heterocycles. The van der Waals surface area contributed by atoms with Crippen molar-refractivity contribution in [3.8, 4) is 11.5 Å². The van der Waals surface area contributed by atoms with Crippen molar-refractivity contribution in [2.24, 2.45) is 5.92 Å². The Bertz CT molecular complexity index is 412. The number of hydrogen-bond acceptors (Lipinski definition) is 4. The lowest BCUT2D eigenvalue weighted by molar-refractivity contribution is -0.145. The van der Waals surface area contributed by atoms with Gasteiger partial charge in [-0.25, -0.2) is 0 Å². The molecule has 0 radical (unpaired) electrons. The van der Waals surface area contributed by atoms with E-state index < -0.39 is 0 Å². The lowest BCUT2D eigenvalue weighted by atomic mass is 9.99. The Hall–Kier alpha value is -1.71. The molecule has 94 valence electrons. The third-order valence-electron chi connectivity index (χ3n) is 2.85. The summed E-state index contributed by atoms with van der Waals surface area (Å²) in [6.45, 7) is 3.49. The van der Waals surface area contributed by atoms with Crippen LogP contribution >= 0.6 is 0 Å². The summed E-state index contributed by atoms with van der Waals surface area (Å²) in [4.78, 5) is 11.2. The lowest BCUT2D eigenvalue weighted by Gasteiger charge is -2.11. The summed E-state index contributed by atoms with van der Waals surface area (Å²) >= 11 is 0. The molecule has 0 bridgehead atoms. The maximum Gasteiger partial charge on any atom is 0.308 e. The zero-order valence-corrected chi connectivity index (χ0v) is 10.4. The van der Waals surface area contributed by atoms with Crippen molar-refractivity contribution in [3.63, 3.8) is 0 Å². The van der Waals surface area contributed by atoms with Crippen molar-refractivity contribution in [1.82, 2.24) is 0 Å². The number of carbonyl (C=O) groups is 1. The minimum absolute atomic E-state index is 0.150. The van der Waals surface area contributed by atoms with Crippen LogP contribution in [0.3, 0.4) is 0 Å². The van der Waals surface area contributed by atoms with Crippen LogP contribution in [0.15, 0.2) is 12.1 Å². The predicted molar refractivity (Wildman–Crippen MR) is 64.0 cm³/mol. The van der Waals surface area contributed by atoms with Crippen LogP contribution in [0.25, 0.3) is 0 Å². The number of benzene rings is 1. The van der Waals surface area contributed by atoms with Gasteiger partial charge in [0.1, 0.15) is 11.5 Å². The Morgan fingerprint density at radius 1 is 1.35 bits per heavy atom. The number of hydrogen-bond donors (Lipinski definition) is 2. The van der Waals surface area contributed by atoms with E-state index >= 15 is 0 Å². The highest BCUT2D eigenvalue weighted by Gasteiger charge is 2.14. The predicted octanol–water partition coefficient (Wildman–Crippen LogP) is 2.15. The number of esters is 1. The number of carbonyl (C=O) groups excluding carboxylic acids is 1. The van der Waals surface area contributed by atoms with E-state index in [0.717, 1.165) is 0 Å². The first-order valence-electron chi connectivity index (χ1n) is 5.55. The fraction of sp³-hybridized carbons (Fsp3) is 0.462. The smallest absolute Gasteiger partial charge is 0.308 e. The molecule has 0 aromatic heterocycles. The Morgan fingerprint density at radius 2 is 2.00 bits per heavy atom. The molecule has 0 saturated heterocycles. The van der Waals surface area contributed by atoms with E-state index in [1.165, 1.54) is 19.2 Å². The van der Waals surface area contributed by atoms with Gasteiger partial charge in [-0.15, -0.1) is 0 Å². The molecule has 0 amide bonds. The molecule has 2 N–H and O–H groups in total. The van der Waals surface area contributed by atoms with Gasteiger partial charge in [-0.3, -0.25) is 4.79 Å². The molecule has 0 saturated carbocycles. The van der Waals surface area contributed by atoms with Gasteiger partial charge in [0.05, 0.1) is 13.0 Å². The van der Waals surface area contributed by atoms with Gasteiger partial charge < -0.3 is 14.9 Å². The third kappa shape index (κ3) is 3.37. The Balaban J connectivity index is 2.70. The molecule has 0 spiro atoms. The van der Waals surface area contributed by atoms with Crippen LogP contribution in [0, 0.1) is 12.8 Å². The lowest BCUT2D eigenvalue weighted by Crippen LogP contribution is -2.13. The molecule has 4 heteroatoms. The zero-order chi connectivity index (χ0) is 13.0. The molecule has 1 aromatic rings. The molecule has 0 aliphatic rings. The molecule has 0 fully saturated rings. The van der Waals surface area contributed by atoms with Crippen molar-refractivity contribution in [2.45, 2.75) is 26.7 Å². The van der Waals surface area contributed by atoms with Crippen molar-refractivity contribution in [1.29, 1.82) is 0 Å². The third-order valence-corrected chi connectivity index (χ3v) is 2.85. The van der Waals surface area contributed by atoms with E-state index in [0.29, 0.717) is 24.0 Å². The summed E-state index contributed by atoms with van der Waals surface area (Å²) in [5.74, 6) is -0.176. The molecule has 1 atom stereocenters. The molecular weight excluding hydrogens is 220 g/mol. The first-order chi connectivity index (χ1) is 7.95. The Labute approximate surface area is 101 Å². The summed E-state index contributed by atoms with van der Waals surface area (Å²) in [5.41, 5.74) is 1.27. The summed E-state index contributed by atoms with van der Waals surface area (Å²) in [6, 6.07) is 3.06. The first kappa shape index (κ1) is 13.4. The fourth-order valence-electron chi connectivity index (χ4n) is 1.62. The molecule has 17 heavy (non-hydrogen) atoms. The largest absolute Gasteiger partial charge is 0.508 e. The quantitative estimate of drug-likeness (QED) is 0.623. The maximum atomic E-state index is 11.2. The number of rotatable bonds is 4. The minimum Gasteiger partial charge on any atom is -0.508 e. The highest BCUT2D eigenvalue weighted by atomic mass is 16.5.